The number of amides is 1. The van der Waals surface area contributed by atoms with Gasteiger partial charge in [0.05, 0.1) is 15.9 Å². The molecule has 5 nitrogen and oxygen atoms in total. The minimum absolute atomic E-state index is 0.0744. The predicted octanol–water partition coefficient (Wildman–Crippen LogP) is -0.434. The van der Waals surface area contributed by atoms with Crippen molar-refractivity contribution in [2.45, 2.75) is 6.92 Å². The minimum Gasteiger partial charge on any atom is -0.748 e. The maximum Gasteiger partial charge on any atom is 0.245 e. The minimum atomic E-state index is -4.24. The topological polar surface area (TPSA) is 77.5 Å². The number of rotatable bonds is 4. The van der Waals surface area contributed by atoms with E-state index in [1.165, 1.54) is 18.0 Å². The molecule has 0 unspecified atom stereocenters. The number of carbonyl (C=O) groups is 1. The van der Waals surface area contributed by atoms with Crippen LogP contribution in [0.2, 0.25) is 0 Å². The summed E-state index contributed by atoms with van der Waals surface area (Å²) in [6.45, 7) is 1.60. The van der Waals surface area contributed by atoms with Crippen molar-refractivity contribution in [2.24, 2.45) is 0 Å². The van der Waals surface area contributed by atoms with Crippen molar-refractivity contribution < 1.29 is 17.8 Å². The summed E-state index contributed by atoms with van der Waals surface area (Å²) in [5.41, 5.74) is 0. The molecule has 0 N–H and O–H groups in total. The fourth-order valence-corrected chi connectivity index (χ4v) is 1.13. The van der Waals surface area contributed by atoms with Crippen LogP contribution in [0.15, 0.2) is 12.2 Å². The van der Waals surface area contributed by atoms with E-state index in [1.807, 2.05) is 0 Å². The van der Waals surface area contributed by atoms with Crippen molar-refractivity contribution in [2.75, 3.05) is 19.3 Å². The number of nitrogens with zero attached hydrogens (tertiary/aromatic N) is 1. The fraction of sp³-hybridized carbons (Fsp3) is 0.571. The van der Waals surface area contributed by atoms with Crippen molar-refractivity contribution in [3.63, 3.8) is 0 Å². The van der Waals surface area contributed by atoms with E-state index in [0.717, 1.165) is 0 Å². The second-order valence-electron chi connectivity index (χ2n) is 2.52. The second kappa shape index (κ2) is 4.98. The maximum absolute atomic E-state index is 11.0. The Bertz CT molecular complexity index is 294. The highest BCUT2D eigenvalue weighted by molar-refractivity contribution is 7.85. The van der Waals surface area contributed by atoms with Gasteiger partial charge < -0.3 is 9.45 Å². The van der Waals surface area contributed by atoms with Crippen LogP contribution in [-0.4, -0.2) is 43.1 Å². The third-order valence-corrected chi connectivity index (χ3v) is 2.04. The summed E-state index contributed by atoms with van der Waals surface area (Å²) in [4.78, 5) is 12.2. The van der Waals surface area contributed by atoms with E-state index >= 15 is 0 Å². The van der Waals surface area contributed by atoms with Gasteiger partial charge in [-0.1, -0.05) is 6.08 Å². The molecule has 0 heterocycles. The fourth-order valence-electron chi connectivity index (χ4n) is 0.629. The van der Waals surface area contributed by atoms with Gasteiger partial charge in [0.2, 0.25) is 5.91 Å². The van der Waals surface area contributed by atoms with E-state index in [-0.39, 0.29) is 12.5 Å². The third kappa shape index (κ3) is 6.30. The van der Waals surface area contributed by atoms with Crippen LogP contribution < -0.4 is 0 Å². The Morgan fingerprint density at radius 3 is 2.46 bits per heavy atom. The van der Waals surface area contributed by atoms with Crippen molar-refractivity contribution in [3.8, 4) is 0 Å². The van der Waals surface area contributed by atoms with Crippen LogP contribution >= 0.6 is 0 Å². The molecule has 76 valence electrons. The molecule has 0 saturated heterocycles. The number of hydrogen-bond acceptors (Lipinski definition) is 4. The summed E-state index contributed by atoms with van der Waals surface area (Å²) in [5, 5.41) is 0. The Morgan fingerprint density at radius 2 is 2.08 bits per heavy atom. The zero-order valence-corrected chi connectivity index (χ0v) is 8.37. The van der Waals surface area contributed by atoms with E-state index < -0.39 is 15.9 Å². The summed E-state index contributed by atoms with van der Waals surface area (Å²) in [5.74, 6) is -0.863. The molecule has 13 heavy (non-hydrogen) atoms. The standard InChI is InChI=1S/C7H13NO4S/c1-3-4-7(9)8(2)5-6-13(10,11)12/h3-4H,5-6H2,1-2H3,(H,10,11,12)/p-1. The molecular weight excluding hydrogens is 194 g/mol. The molecule has 0 aromatic heterocycles. The SMILES string of the molecule is CC=CC(=O)N(C)CCS(=O)(=O)[O-]. The van der Waals surface area contributed by atoms with Crippen molar-refractivity contribution in [1.29, 1.82) is 0 Å². The number of allylic oxidation sites excluding steroid dienone is 1. The summed E-state index contributed by atoms with van der Waals surface area (Å²) >= 11 is 0. The van der Waals surface area contributed by atoms with Crippen LogP contribution in [0.3, 0.4) is 0 Å². The average molecular weight is 206 g/mol. The molecule has 0 aliphatic rings. The molecule has 1 amide bonds. The average Bonchev–Trinajstić information content (AvgIpc) is 1.99. The van der Waals surface area contributed by atoms with E-state index in [9.17, 15) is 17.8 Å². The first-order valence-corrected chi connectivity index (χ1v) is 5.26. The molecule has 0 aromatic rings. The highest BCUT2D eigenvalue weighted by Gasteiger charge is 2.05. The van der Waals surface area contributed by atoms with Gasteiger partial charge in [0.1, 0.15) is 0 Å². The quantitative estimate of drug-likeness (QED) is 0.461. The largest absolute Gasteiger partial charge is 0.748 e. The van der Waals surface area contributed by atoms with Gasteiger partial charge in [0, 0.05) is 13.6 Å². The van der Waals surface area contributed by atoms with Crippen LogP contribution in [0.4, 0.5) is 0 Å². The van der Waals surface area contributed by atoms with E-state index in [2.05, 4.69) is 0 Å². The molecule has 0 atom stereocenters. The van der Waals surface area contributed by atoms with Crippen molar-refractivity contribution >= 4 is 16.0 Å². The Labute approximate surface area is 77.8 Å². The van der Waals surface area contributed by atoms with Gasteiger partial charge in [-0.2, -0.15) is 0 Å². The highest BCUT2D eigenvalue weighted by atomic mass is 32.2. The Hall–Kier alpha value is -0.880. The van der Waals surface area contributed by atoms with Crippen molar-refractivity contribution in [1.82, 2.24) is 4.90 Å². The lowest BCUT2D eigenvalue weighted by molar-refractivity contribution is -0.124. The molecule has 0 aliphatic carbocycles. The molecule has 0 aliphatic heterocycles. The van der Waals surface area contributed by atoms with Gasteiger partial charge in [0.15, 0.2) is 0 Å². The van der Waals surface area contributed by atoms with Gasteiger partial charge >= 0.3 is 0 Å². The number of hydrogen-bond donors (Lipinski definition) is 0. The van der Waals surface area contributed by atoms with E-state index in [0.29, 0.717) is 0 Å². The van der Waals surface area contributed by atoms with E-state index in [1.54, 1.807) is 13.0 Å². The van der Waals surface area contributed by atoms with Crippen LogP contribution in [0.5, 0.6) is 0 Å². The van der Waals surface area contributed by atoms with Crippen LogP contribution in [0.1, 0.15) is 6.92 Å². The number of likely N-dealkylation sites (N-methyl/N-ethyl adjacent to an activating group) is 1. The zero-order chi connectivity index (χ0) is 10.5. The first-order valence-electron chi connectivity index (χ1n) is 3.68. The maximum atomic E-state index is 11.0. The highest BCUT2D eigenvalue weighted by Crippen LogP contribution is 1.89. The summed E-state index contributed by atoms with van der Waals surface area (Å²) < 4.78 is 30.6. The van der Waals surface area contributed by atoms with Crippen molar-refractivity contribution in [3.05, 3.63) is 12.2 Å². The lowest BCUT2D eigenvalue weighted by atomic mass is 10.4. The second-order valence-corrected chi connectivity index (χ2v) is 4.05. The molecule has 0 fully saturated rings. The first-order chi connectivity index (χ1) is 5.87. The van der Waals surface area contributed by atoms with Gasteiger partial charge in [-0.05, 0) is 13.0 Å². The van der Waals surface area contributed by atoms with E-state index in [4.69, 9.17) is 0 Å². The van der Waals surface area contributed by atoms with Gasteiger partial charge in [-0.25, -0.2) is 8.42 Å². The smallest absolute Gasteiger partial charge is 0.245 e. The van der Waals surface area contributed by atoms with Crippen LogP contribution in [-0.2, 0) is 14.9 Å². The molecular formula is C7H12NO4S-. The lowest BCUT2D eigenvalue weighted by Crippen LogP contribution is -2.30. The van der Waals surface area contributed by atoms with Crippen LogP contribution in [0.25, 0.3) is 0 Å². The monoisotopic (exact) mass is 206 g/mol. The molecule has 0 spiro atoms. The molecule has 0 aromatic carbocycles. The predicted molar refractivity (Wildman–Crippen MR) is 47.0 cm³/mol. The summed E-state index contributed by atoms with van der Waals surface area (Å²) in [6.07, 6.45) is 2.85. The van der Waals surface area contributed by atoms with Gasteiger partial charge in [0.25, 0.3) is 0 Å². The zero-order valence-electron chi connectivity index (χ0n) is 7.56. The summed E-state index contributed by atoms with van der Waals surface area (Å²) in [7, 11) is -2.80. The normalized spacial score (nSPS) is 11.9. The molecule has 0 radical (unpaired) electrons. The van der Waals surface area contributed by atoms with Crippen LogP contribution in [0, 0.1) is 0 Å². The Morgan fingerprint density at radius 1 is 1.54 bits per heavy atom. The first kappa shape index (κ1) is 12.1. The van der Waals surface area contributed by atoms with Gasteiger partial charge in [-0.3, -0.25) is 4.79 Å². The number of carbonyl (C=O) groups excluding carboxylic acids is 1. The summed E-state index contributed by atoms with van der Waals surface area (Å²) in [6, 6.07) is 0. The lowest BCUT2D eigenvalue weighted by Gasteiger charge is -2.16. The third-order valence-electron chi connectivity index (χ3n) is 1.36. The Balaban J connectivity index is 4.02. The molecule has 6 heteroatoms. The molecule has 0 bridgehead atoms. The van der Waals surface area contributed by atoms with Gasteiger partial charge in [-0.15, -0.1) is 0 Å². The molecule has 0 saturated carbocycles. The Kier molecular flexibility index (Phi) is 4.64. The molecule has 0 rings (SSSR count).